The van der Waals surface area contributed by atoms with Crippen LogP contribution < -0.4 is 5.32 Å². The summed E-state index contributed by atoms with van der Waals surface area (Å²) in [4.78, 5) is 2.14. The van der Waals surface area contributed by atoms with Crippen LogP contribution in [0.25, 0.3) is 0 Å². The average Bonchev–Trinajstić information content (AvgIpc) is 2.31. The number of halogens is 3. The van der Waals surface area contributed by atoms with E-state index in [1.807, 2.05) is 13.8 Å². The molecule has 0 heterocycles. The number of benzene rings is 1. The van der Waals surface area contributed by atoms with Crippen molar-refractivity contribution in [3.05, 3.63) is 29.6 Å². The van der Waals surface area contributed by atoms with Crippen LogP contribution in [0.5, 0.6) is 0 Å². The summed E-state index contributed by atoms with van der Waals surface area (Å²) in [5.41, 5.74) is -0.00365. The molecule has 5 heteroatoms. The zero-order chi connectivity index (χ0) is 12.8. The van der Waals surface area contributed by atoms with Gasteiger partial charge in [-0.25, -0.2) is 13.2 Å². The number of likely N-dealkylation sites (N-methyl/N-ethyl adjacent to an activating group) is 1. The first-order chi connectivity index (χ1) is 8.08. The Morgan fingerprint density at radius 1 is 1.00 bits per heavy atom. The van der Waals surface area contributed by atoms with Gasteiger partial charge in [-0.15, -0.1) is 0 Å². The van der Waals surface area contributed by atoms with Gasteiger partial charge in [0.1, 0.15) is 5.82 Å². The third-order valence-corrected chi connectivity index (χ3v) is 2.65. The van der Waals surface area contributed by atoms with E-state index in [1.54, 1.807) is 0 Å². The molecule has 0 saturated heterocycles. The summed E-state index contributed by atoms with van der Waals surface area (Å²) in [6.07, 6.45) is 0. The minimum atomic E-state index is -1.17. The second kappa shape index (κ2) is 6.49. The molecule has 1 N–H and O–H groups in total. The number of rotatable bonds is 6. The Morgan fingerprint density at radius 3 is 2.18 bits per heavy atom. The van der Waals surface area contributed by atoms with E-state index in [0.717, 1.165) is 25.7 Å². The van der Waals surface area contributed by atoms with Crippen molar-refractivity contribution in [3.8, 4) is 0 Å². The molecular weight excluding hydrogens is 229 g/mol. The van der Waals surface area contributed by atoms with Crippen molar-refractivity contribution in [3.63, 3.8) is 0 Å². The fourth-order valence-electron chi connectivity index (χ4n) is 1.55. The fraction of sp³-hybridized carbons (Fsp3) is 0.500. The van der Waals surface area contributed by atoms with Crippen molar-refractivity contribution in [2.75, 3.05) is 31.5 Å². The molecule has 0 spiro atoms. The third kappa shape index (κ3) is 3.93. The van der Waals surface area contributed by atoms with Gasteiger partial charge in [-0.2, -0.15) is 0 Å². The Kier molecular flexibility index (Phi) is 5.28. The molecule has 0 aromatic heterocycles. The van der Waals surface area contributed by atoms with Gasteiger partial charge in [-0.05, 0) is 13.1 Å². The van der Waals surface area contributed by atoms with Crippen LogP contribution in [0.3, 0.4) is 0 Å². The lowest BCUT2D eigenvalue weighted by atomic mass is 10.3. The van der Waals surface area contributed by atoms with Crippen LogP contribution in [0, 0.1) is 17.5 Å². The number of hydrogen-bond acceptors (Lipinski definition) is 2. The molecule has 1 aromatic carbocycles. The van der Waals surface area contributed by atoms with Crippen LogP contribution in [0.1, 0.15) is 13.8 Å². The van der Waals surface area contributed by atoms with Crippen molar-refractivity contribution < 1.29 is 13.2 Å². The molecule has 0 saturated carbocycles. The minimum Gasteiger partial charge on any atom is -0.381 e. The highest BCUT2D eigenvalue weighted by atomic mass is 19.2. The van der Waals surface area contributed by atoms with Gasteiger partial charge in [0.2, 0.25) is 0 Å². The highest BCUT2D eigenvalue weighted by Crippen LogP contribution is 2.17. The topological polar surface area (TPSA) is 15.3 Å². The second-order valence-corrected chi connectivity index (χ2v) is 3.70. The van der Waals surface area contributed by atoms with Gasteiger partial charge in [0.15, 0.2) is 11.6 Å². The standard InChI is InChI=1S/C12H17F3N2/c1-3-17(4-2)6-5-16-12-8-10(14)9(13)7-11(12)15/h7-8,16H,3-6H2,1-2H3. The van der Waals surface area contributed by atoms with E-state index in [1.165, 1.54) is 0 Å². The predicted octanol–water partition coefficient (Wildman–Crippen LogP) is 2.86. The van der Waals surface area contributed by atoms with Crippen LogP contribution in [0.4, 0.5) is 18.9 Å². The van der Waals surface area contributed by atoms with Gasteiger partial charge < -0.3 is 10.2 Å². The minimum absolute atomic E-state index is 0.00365. The molecule has 96 valence electrons. The molecule has 0 unspecified atom stereocenters. The van der Waals surface area contributed by atoms with Crippen LogP contribution >= 0.6 is 0 Å². The number of anilines is 1. The lowest BCUT2D eigenvalue weighted by Gasteiger charge is -2.18. The molecule has 0 bridgehead atoms. The van der Waals surface area contributed by atoms with Crippen LogP contribution in [0.2, 0.25) is 0 Å². The molecule has 0 aliphatic heterocycles. The van der Waals surface area contributed by atoms with Crippen LogP contribution in [0.15, 0.2) is 12.1 Å². The monoisotopic (exact) mass is 246 g/mol. The lowest BCUT2D eigenvalue weighted by molar-refractivity contribution is 0.316. The Balaban J connectivity index is 2.55. The van der Waals surface area contributed by atoms with Gasteiger partial charge in [0, 0.05) is 25.2 Å². The van der Waals surface area contributed by atoms with Crippen molar-refractivity contribution in [2.45, 2.75) is 13.8 Å². The van der Waals surface area contributed by atoms with Crippen molar-refractivity contribution in [2.24, 2.45) is 0 Å². The summed E-state index contributed by atoms with van der Waals surface area (Å²) < 4.78 is 38.8. The van der Waals surface area contributed by atoms with Crippen molar-refractivity contribution >= 4 is 5.69 Å². The largest absolute Gasteiger partial charge is 0.381 e. The highest BCUT2D eigenvalue weighted by Gasteiger charge is 2.09. The van der Waals surface area contributed by atoms with Gasteiger partial charge in [-0.1, -0.05) is 13.8 Å². The second-order valence-electron chi connectivity index (χ2n) is 3.70. The van der Waals surface area contributed by atoms with E-state index in [0.29, 0.717) is 12.6 Å². The Labute approximate surface area is 99.4 Å². The maximum absolute atomic E-state index is 13.2. The summed E-state index contributed by atoms with van der Waals surface area (Å²) in [5, 5.41) is 2.76. The van der Waals surface area contributed by atoms with E-state index < -0.39 is 17.5 Å². The highest BCUT2D eigenvalue weighted by molar-refractivity contribution is 5.45. The molecule has 17 heavy (non-hydrogen) atoms. The first kappa shape index (κ1) is 13.8. The summed E-state index contributed by atoms with van der Waals surface area (Å²) in [7, 11) is 0. The van der Waals surface area contributed by atoms with E-state index in [9.17, 15) is 13.2 Å². The third-order valence-electron chi connectivity index (χ3n) is 2.65. The molecule has 0 radical (unpaired) electrons. The smallest absolute Gasteiger partial charge is 0.161 e. The van der Waals surface area contributed by atoms with Gasteiger partial charge in [0.25, 0.3) is 0 Å². The van der Waals surface area contributed by atoms with Gasteiger partial charge in [-0.3, -0.25) is 0 Å². The zero-order valence-corrected chi connectivity index (χ0v) is 10.1. The molecular formula is C12H17F3N2. The van der Waals surface area contributed by atoms with Crippen molar-refractivity contribution in [1.82, 2.24) is 4.90 Å². The predicted molar refractivity (Wildman–Crippen MR) is 62.6 cm³/mol. The molecule has 0 aliphatic rings. The number of hydrogen-bond donors (Lipinski definition) is 1. The molecule has 0 aliphatic carbocycles. The van der Waals surface area contributed by atoms with Gasteiger partial charge in [0.05, 0.1) is 5.69 Å². The average molecular weight is 246 g/mol. The van der Waals surface area contributed by atoms with E-state index in [-0.39, 0.29) is 5.69 Å². The number of nitrogens with one attached hydrogen (secondary N) is 1. The Hall–Kier alpha value is -1.23. The van der Waals surface area contributed by atoms with E-state index >= 15 is 0 Å². The number of nitrogens with zero attached hydrogens (tertiary/aromatic N) is 1. The molecule has 0 amide bonds. The van der Waals surface area contributed by atoms with E-state index in [4.69, 9.17) is 0 Å². The van der Waals surface area contributed by atoms with Gasteiger partial charge >= 0.3 is 0 Å². The maximum Gasteiger partial charge on any atom is 0.161 e. The molecule has 0 fully saturated rings. The normalized spacial score (nSPS) is 10.9. The zero-order valence-electron chi connectivity index (χ0n) is 10.1. The van der Waals surface area contributed by atoms with Crippen LogP contribution in [-0.4, -0.2) is 31.1 Å². The summed E-state index contributed by atoms with van der Waals surface area (Å²) in [6, 6.07) is 1.39. The van der Waals surface area contributed by atoms with Crippen LogP contribution in [-0.2, 0) is 0 Å². The lowest BCUT2D eigenvalue weighted by Crippen LogP contribution is -2.28. The Bertz CT molecular complexity index is 365. The first-order valence-electron chi connectivity index (χ1n) is 5.69. The summed E-state index contributed by atoms with van der Waals surface area (Å²) in [6.45, 7) is 7.08. The SMILES string of the molecule is CCN(CC)CCNc1cc(F)c(F)cc1F. The molecule has 2 nitrogen and oxygen atoms in total. The van der Waals surface area contributed by atoms with E-state index in [2.05, 4.69) is 10.2 Å². The summed E-state index contributed by atoms with van der Waals surface area (Å²) in [5.74, 6) is -2.99. The summed E-state index contributed by atoms with van der Waals surface area (Å²) >= 11 is 0. The quantitative estimate of drug-likeness (QED) is 0.776. The Morgan fingerprint density at radius 2 is 1.59 bits per heavy atom. The molecule has 1 rings (SSSR count). The molecule has 0 atom stereocenters. The first-order valence-corrected chi connectivity index (χ1v) is 5.69. The fourth-order valence-corrected chi connectivity index (χ4v) is 1.55. The maximum atomic E-state index is 13.2. The van der Waals surface area contributed by atoms with Crippen molar-refractivity contribution in [1.29, 1.82) is 0 Å². The molecule has 1 aromatic rings.